The Labute approximate surface area is 139 Å². The van der Waals surface area contributed by atoms with Crippen molar-refractivity contribution in [3.05, 3.63) is 33.9 Å². The van der Waals surface area contributed by atoms with Gasteiger partial charge in [-0.1, -0.05) is 6.92 Å². The summed E-state index contributed by atoms with van der Waals surface area (Å²) in [5.74, 6) is -0.0370. The normalized spacial score (nSPS) is 17.9. The van der Waals surface area contributed by atoms with Gasteiger partial charge in [0, 0.05) is 30.8 Å². The lowest BCUT2D eigenvalue weighted by Crippen LogP contribution is -2.41. The third-order valence-electron chi connectivity index (χ3n) is 4.87. The van der Waals surface area contributed by atoms with Crippen LogP contribution in [0.1, 0.15) is 31.7 Å². The molecule has 0 aromatic heterocycles. The predicted molar refractivity (Wildman–Crippen MR) is 84.0 cm³/mol. The Bertz CT molecular complexity index is 569. The molecule has 1 N–H and O–H groups in total. The van der Waals surface area contributed by atoms with Gasteiger partial charge < -0.3 is 9.84 Å². The zero-order valence-electron chi connectivity index (χ0n) is 13.6. The van der Waals surface area contributed by atoms with Crippen molar-refractivity contribution in [1.82, 2.24) is 4.90 Å². The number of non-ortho nitro benzene ring substituents is 1. The molecular weight excluding hydrogens is 322 g/mol. The van der Waals surface area contributed by atoms with E-state index in [1.54, 1.807) is 0 Å². The summed E-state index contributed by atoms with van der Waals surface area (Å²) in [6, 6.07) is 3.66. The summed E-state index contributed by atoms with van der Waals surface area (Å²) < 4.78 is 29.6. The molecule has 0 radical (unpaired) electrons. The Hall–Kier alpha value is -1.80. The molecule has 1 aromatic rings. The number of aliphatic hydroxyl groups is 1. The number of nitro benzene ring substituents is 1. The molecule has 1 aromatic carbocycles. The van der Waals surface area contributed by atoms with Gasteiger partial charge in [-0.2, -0.15) is 8.78 Å². The quantitative estimate of drug-likeness (QED) is 0.607. The van der Waals surface area contributed by atoms with Crippen molar-refractivity contribution in [1.29, 1.82) is 0 Å². The molecule has 1 saturated heterocycles. The summed E-state index contributed by atoms with van der Waals surface area (Å²) in [5, 5.41) is 20.5. The van der Waals surface area contributed by atoms with Gasteiger partial charge >= 0.3 is 6.61 Å². The molecule has 2 rings (SSSR count). The summed E-state index contributed by atoms with van der Waals surface area (Å²) in [7, 11) is 0. The van der Waals surface area contributed by atoms with Crippen LogP contribution in [0.25, 0.3) is 0 Å². The Morgan fingerprint density at radius 2 is 2.08 bits per heavy atom. The maximum Gasteiger partial charge on any atom is 0.387 e. The summed E-state index contributed by atoms with van der Waals surface area (Å²) in [6.07, 6.45) is 2.49. The van der Waals surface area contributed by atoms with Crippen LogP contribution in [0.15, 0.2) is 18.2 Å². The van der Waals surface area contributed by atoms with Crippen LogP contribution in [0.5, 0.6) is 5.75 Å². The van der Waals surface area contributed by atoms with E-state index in [1.807, 2.05) is 11.8 Å². The van der Waals surface area contributed by atoms with Gasteiger partial charge in [-0.15, -0.1) is 0 Å². The largest absolute Gasteiger partial charge is 0.434 e. The third kappa shape index (κ3) is 4.39. The van der Waals surface area contributed by atoms with E-state index in [2.05, 4.69) is 4.74 Å². The Kier molecular flexibility index (Phi) is 6.06. The minimum atomic E-state index is -2.98. The molecule has 24 heavy (non-hydrogen) atoms. The number of hydrogen-bond acceptors (Lipinski definition) is 5. The zero-order chi connectivity index (χ0) is 17.7. The molecule has 0 saturated carbocycles. The molecule has 1 aliphatic heterocycles. The Balaban J connectivity index is 2.13. The van der Waals surface area contributed by atoms with Crippen LogP contribution in [0, 0.1) is 15.5 Å². The summed E-state index contributed by atoms with van der Waals surface area (Å²) in [6.45, 7) is 0.897. The Morgan fingerprint density at radius 3 is 2.58 bits per heavy atom. The summed E-state index contributed by atoms with van der Waals surface area (Å²) >= 11 is 0. The van der Waals surface area contributed by atoms with Crippen molar-refractivity contribution in [3.63, 3.8) is 0 Å². The highest BCUT2D eigenvalue weighted by Gasteiger charge is 2.32. The number of benzene rings is 1. The second-order valence-electron chi connectivity index (χ2n) is 6.22. The average Bonchev–Trinajstić information content (AvgIpc) is 2.57. The van der Waals surface area contributed by atoms with Gasteiger partial charge in [-0.05, 0) is 43.8 Å². The number of piperidine rings is 1. The maximum atomic E-state index is 12.5. The van der Waals surface area contributed by atoms with Gasteiger partial charge in [-0.25, -0.2) is 0 Å². The van der Waals surface area contributed by atoms with E-state index in [0.717, 1.165) is 25.3 Å². The summed E-state index contributed by atoms with van der Waals surface area (Å²) in [5.41, 5.74) is 0.140. The third-order valence-corrected chi connectivity index (χ3v) is 4.87. The van der Waals surface area contributed by atoms with E-state index in [0.29, 0.717) is 25.2 Å². The van der Waals surface area contributed by atoms with Gasteiger partial charge in [-0.3, -0.25) is 15.0 Å². The molecule has 0 unspecified atom stereocenters. The lowest BCUT2D eigenvalue weighted by atomic mass is 9.77. The van der Waals surface area contributed by atoms with E-state index in [4.69, 9.17) is 0 Å². The number of hydrogen-bond donors (Lipinski definition) is 1. The van der Waals surface area contributed by atoms with Crippen LogP contribution in [-0.4, -0.2) is 41.2 Å². The SMILES string of the molecule is CCC1(CO)CCN(Cc2cc([N+](=O)[O-])ccc2OC(F)F)CC1. The first-order valence-electron chi connectivity index (χ1n) is 7.94. The first kappa shape index (κ1) is 18.5. The minimum Gasteiger partial charge on any atom is -0.434 e. The van der Waals surface area contributed by atoms with Gasteiger partial charge in [0.2, 0.25) is 0 Å². The summed E-state index contributed by atoms with van der Waals surface area (Å²) in [4.78, 5) is 12.4. The minimum absolute atomic E-state index is 0.0370. The number of halogens is 2. The van der Waals surface area contributed by atoms with Gasteiger partial charge in [0.1, 0.15) is 5.75 Å². The Morgan fingerprint density at radius 1 is 1.42 bits per heavy atom. The number of ether oxygens (including phenoxy) is 1. The van der Waals surface area contributed by atoms with E-state index in [1.165, 1.54) is 12.1 Å². The van der Waals surface area contributed by atoms with E-state index >= 15 is 0 Å². The van der Waals surface area contributed by atoms with Crippen molar-refractivity contribution in [2.24, 2.45) is 5.41 Å². The lowest BCUT2D eigenvalue weighted by molar-refractivity contribution is -0.385. The topological polar surface area (TPSA) is 75.8 Å². The molecule has 1 aliphatic rings. The second-order valence-corrected chi connectivity index (χ2v) is 6.22. The van der Waals surface area contributed by atoms with Crippen molar-refractivity contribution in [2.75, 3.05) is 19.7 Å². The van der Waals surface area contributed by atoms with Crippen molar-refractivity contribution < 1.29 is 23.5 Å². The molecule has 1 fully saturated rings. The smallest absolute Gasteiger partial charge is 0.387 e. The fourth-order valence-electron chi connectivity index (χ4n) is 3.06. The van der Waals surface area contributed by atoms with Crippen LogP contribution in [-0.2, 0) is 6.54 Å². The highest BCUT2D eigenvalue weighted by atomic mass is 19.3. The molecule has 0 spiro atoms. The van der Waals surface area contributed by atoms with Crippen molar-refractivity contribution >= 4 is 5.69 Å². The van der Waals surface area contributed by atoms with Crippen molar-refractivity contribution in [3.8, 4) is 5.75 Å². The highest BCUT2D eigenvalue weighted by molar-refractivity contribution is 5.43. The number of nitrogens with zero attached hydrogens (tertiary/aromatic N) is 2. The molecule has 1 heterocycles. The predicted octanol–water partition coefficient (Wildman–Crippen LogP) is 3.18. The van der Waals surface area contributed by atoms with Crippen molar-refractivity contribution in [2.45, 2.75) is 39.3 Å². The van der Waals surface area contributed by atoms with Crippen LogP contribution in [0.2, 0.25) is 0 Å². The first-order chi connectivity index (χ1) is 11.4. The molecule has 0 bridgehead atoms. The number of aliphatic hydroxyl groups excluding tert-OH is 1. The monoisotopic (exact) mass is 344 g/mol. The van der Waals surface area contributed by atoms with E-state index < -0.39 is 11.5 Å². The van der Waals surface area contributed by atoms with Crippen LogP contribution < -0.4 is 4.74 Å². The van der Waals surface area contributed by atoms with Crippen LogP contribution in [0.4, 0.5) is 14.5 Å². The number of nitro groups is 1. The molecule has 0 amide bonds. The molecule has 0 atom stereocenters. The van der Waals surface area contributed by atoms with Gasteiger partial charge in [0.25, 0.3) is 5.69 Å². The van der Waals surface area contributed by atoms with Crippen LogP contribution >= 0.6 is 0 Å². The average molecular weight is 344 g/mol. The number of alkyl halides is 2. The van der Waals surface area contributed by atoms with E-state index in [9.17, 15) is 24.0 Å². The molecule has 0 aliphatic carbocycles. The molecule has 8 heteroatoms. The molecular formula is C16H22F2N2O4. The van der Waals surface area contributed by atoms with E-state index in [-0.39, 0.29) is 23.5 Å². The molecule has 6 nitrogen and oxygen atoms in total. The fourth-order valence-corrected chi connectivity index (χ4v) is 3.06. The van der Waals surface area contributed by atoms with Gasteiger partial charge in [0.15, 0.2) is 0 Å². The maximum absolute atomic E-state index is 12.5. The highest BCUT2D eigenvalue weighted by Crippen LogP contribution is 2.35. The number of rotatable bonds is 7. The zero-order valence-corrected chi connectivity index (χ0v) is 13.6. The second kappa shape index (κ2) is 7.85. The van der Waals surface area contributed by atoms with Gasteiger partial charge in [0.05, 0.1) is 4.92 Å². The lowest BCUT2D eigenvalue weighted by Gasteiger charge is -2.40. The van der Waals surface area contributed by atoms with Crippen LogP contribution in [0.3, 0.4) is 0 Å². The fraction of sp³-hybridized carbons (Fsp3) is 0.625. The standard InChI is InChI=1S/C16H22F2N2O4/c1-2-16(11-21)5-7-19(8-6-16)10-12-9-13(20(22)23)3-4-14(12)24-15(17)18/h3-4,9,15,21H,2,5-8,10-11H2,1H3. The number of likely N-dealkylation sites (tertiary alicyclic amines) is 1. The molecule has 134 valence electrons. The first-order valence-corrected chi connectivity index (χ1v) is 7.94.